The van der Waals surface area contributed by atoms with Gasteiger partial charge in [0.15, 0.2) is 5.60 Å². The van der Waals surface area contributed by atoms with Gasteiger partial charge >= 0.3 is 5.97 Å². The molecule has 2 atom stereocenters. The van der Waals surface area contributed by atoms with Gasteiger partial charge in [-0.05, 0) is 79.0 Å². The first-order chi connectivity index (χ1) is 31.8. The summed E-state index contributed by atoms with van der Waals surface area (Å²) >= 11 is 0. The zero-order chi connectivity index (χ0) is 46.5. The first-order valence-corrected chi connectivity index (χ1v) is 22.4. The van der Waals surface area contributed by atoms with Crippen molar-refractivity contribution in [3.8, 4) is 0 Å². The molecule has 5 heterocycles. The lowest BCUT2D eigenvalue weighted by atomic mass is 9.83. The molecule has 5 aliphatic rings. The van der Waals surface area contributed by atoms with Crippen molar-refractivity contribution in [2.24, 2.45) is 0 Å². The van der Waals surface area contributed by atoms with E-state index in [1.165, 1.54) is 12.2 Å². The molecule has 4 aliphatic heterocycles. The average Bonchev–Trinajstić information content (AvgIpc) is 3.85. The molecule has 0 bridgehead atoms. The zero-order valence-electron chi connectivity index (χ0n) is 36.6. The number of nitrogens with one attached hydrogen (secondary N) is 5. The van der Waals surface area contributed by atoms with Crippen molar-refractivity contribution < 1.29 is 48.2 Å². The SMILES string of the molecule is CC[C@@]1(O)C(=O)OCC2=C1C=C1c3nc4ccc(NC(=O)CNC(=O)[C@H](Cc5ccccc5)NC(=O)CNC(=O)CNC(=O)CCCCCN5C(=O)C=CC5=O)c5c4c(c3CN1C2)CCC5. The van der Waals surface area contributed by atoms with E-state index < -0.39 is 47.8 Å². The average molecular weight is 901 g/mol. The Balaban J connectivity index is 0.843. The lowest BCUT2D eigenvalue weighted by Crippen LogP contribution is -2.52. The molecule has 6 N–H and O–H groups in total. The van der Waals surface area contributed by atoms with Gasteiger partial charge in [-0.3, -0.25) is 38.5 Å². The van der Waals surface area contributed by atoms with Gasteiger partial charge in [-0.15, -0.1) is 0 Å². The van der Waals surface area contributed by atoms with E-state index in [9.17, 15) is 43.5 Å². The number of ether oxygens (including phenoxy) is 1. The third kappa shape index (κ3) is 9.59. The van der Waals surface area contributed by atoms with E-state index in [-0.39, 0.29) is 63.2 Å². The van der Waals surface area contributed by atoms with E-state index in [0.717, 1.165) is 67.9 Å². The van der Waals surface area contributed by atoms with Crippen LogP contribution in [-0.4, -0.2) is 118 Å². The van der Waals surface area contributed by atoms with Crippen molar-refractivity contribution in [1.29, 1.82) is 0 Å². The molecule has 0 saturated carbocycles. The Morgan fingerprint density at radius 3 is 2.32 bits per heavy atom. The molecule has 7 amide bonds. The summed E-state index contributed by atoms with van der Waals surface area (Å²) in [4.78, 5) is 109. The summed E-state index contributed by atoms with van der Waals surface area (Å²) in [6.07, 6.45) is 8.78. The second kappa shape index (κ2) is 19.5. The summed E-state index contributed by atoms with van der Waals surface area (Å²) in [6.45, 7) is 2.08. The number of benzene rings is 2. The number of cyclic esters (lactones) is 1. The van der Waals surface area contributed by atoms with Crippen molar-refractivity contribution in [1.82, 2.24) is 36.1 Å². The van der Waals surface area contributed by atoms with Gasteiger partial charge in [-0.2, -0.15) is 0 Å². The number of aliphatic hydroxyl groups is 1. The van der Waals surface area contributed by atoms with Crippen LogP contribution in [0.25, 0.3) is 16.6 Å². The van der Waals surface area contributed by atoms with Gasteiger partial charge in [0.1, 0.15) is 12.6 Å². The third-order valence-corrected chi connectivity index (χ3v) is 12.7. The molecule has 0 spiro atoms. The largest absolute Gasteiger partial charge is 0.459 e. The van der Waals surface area contributed by atoms with Crippen LogP contribution in [0.4, 0.5) is 5.69 Å². The highest BCUT2D eigenvalue weighted by Crippen LogP contribution is 2.46. The highest BCUT2D eigenvalue weighted by molar-refractivity contribution is 6.12. The molecule has 0 unspecified atom stereocenters. The molecule has 8 rings (SSSR count). The monoisotopic (exact) mass is 900 g/mol. The Labute approximate surface area is 380 Å². The highest BCUT2D eigenvalue weighted by atomic mass is 16.6. The summed E-state index contributed by atoms with van der Waals surface area (Å²) in [7, 11) is 0. The van der Waals surface area contributed by atoms with Crippen molar-refractivity contribution in [2.45, 2.75) is 82.9 Å². The van der Waals surface area contributed by atoms with Crippen LogP contribution in [0.3, 0.4) is 0 Å². The number of pyridine rings is 1. The number of hydrogen-bond donors (Lipinski definition) is 6. The molecular formula is C48H52N8O10. The van der Waals surface area contributed by atoms with Gasteiger partial charge in [0.25, 0.3) is 11.8 Å². The molecule has 344 valence electrons. The standard InChI is InChI=1S/C48H52N8O10/c1-2-48(65)33-21-37-45-32(26-55(37)25-29(33)27-66-47(48)64)30-12-9-13-31-34(15-16-35(54-45)44(30)31)52-41(60)24-51-46(63)36(20-28-10-5-3-6-11-28)53-40(59)23-50-39(58)22-49-38(57)14-7-4-8-19-56-42(61)17-18-43(56)62/h3,5-6,10-11,15-18,21,36,65H,2,4,7-9,12-14,19-20,22-27H2,1H3,(H,49,57)(H,50,58)(H,51,63)(H,52,60)(H,53,59)/t36-,48-/m0/s1. The summed E-state index contributed by atoms with van der Waals surface area (Å²) in [5.41, 5.74) is 6.79. The van der Waals surface area contributed by atoms with Crippen molar-refractivity contribution in [3.63, 3.8) is 0 Å². The Morgan fingerprint density at radius 1 is 0.818 bits per heavy atom. The first kappa shape index (κ1) is 45.4. The minimum Gasteiger partial charge on any atom is -0.459 e. The number of carbonyl (C=O) groups excluding carboxylic acids is 8. The minimum absolute atomic E-state index is 0.110. The molecular weight excluding hydrogens is 849 g/mol. The van der Waals surface area contributed by atoms with Gasteiger partial charge in [0.05, 0.1) is 36.5 Å². The normalized spacial score (nSPS) is 18.5. The number of anilines is 1. The molecule has 1 aliphatic carbocycles. The fourth-order valence-electron chi connectivity index (χ4n) is 9.24. The number of aryl methyl sites for hydroxylation is 2. The van der Waals surface area contributed by atoms with Crippen LogP contribution in [0.15, 0.2) is 71.8 Å². The van der Waals surface area contributed by atoms with Crippen LogP contribution < -0.4 is 26.6 Å². The van der Waals surface area contributed by atoms with E-state index in [2.05, 4.69) is 31.5 Å². The maximum absolute atomic E-state index is 13.6. The Hall–Kier alpha value is -7.21. The summed E-state index contributed by atoms with van der Waals surface area (Å²) in [5.74, 6) is -4.04. The molecule has 18 nitrogen and oxygen atoms in total. The smallest absolute Gasteiger partial charge is 0.343 e. The van der Waals surface area contributed by atoms with Crippen molar-refractivity contribution >= 4 is 69.6 Å². The van der Waals surface area contributed by atoms with Gasteiger partial charge in [-0.25, -0.2) is 9.78 Å². The number of hydrogen-bond acceptors (Lipinski definition) is 12. The summed E-state index contributed by atoms with van der Waals surface area (Å²) < 4.78 is 5.36. The molecule has 2 aromatic carbocycles. The van der Waals surface area contributed by atoms with Gasteiger partial charge in [0.2, 0.25) is 29.5 Å². The van der Waals surface area contributed by atoms with Crippen LogP contribution in [0.1, 0.15) is 73.4 Å². The molecule has 66 heavy (non-hydrogen) atoms. The number of amides is 7. The third-order valence-electron chi connectivity index (χ3n) is 12.7. The zero-order valence-corrected chi connectivity index (χ0v) is 36.6. The Bertz CT molecular complexity index is 2610. The topological polar surface area (TPSA) is 246 Å². The van der Waals surface area contributed by atoms with Crippen LogP contribution in [0.5, 0.6) is 0 Å². The van der Waals surface area contributed by atoms with E-state index in [1.54, 1.807) is 31.2 Å². The number of rotatable bonds is 18. The summed E-state index contributed by atoms with van der Waals surface area (Å²) in [6, 6.07) is 11.6. The number of nitrogens with zero attached hydrogens (tertiary/aromatic N) is 3. The molecule has 3 aromatic rings. The van der Waals surface area contributed by atoms with E-state index >= 15 is 0 Å². The number of esters is 1. The van der Waals surface area contributed by atoms with Gasteiger partial charge < -0.3 is 41.3 Å². The van der Waals surface area contributed by atoms with Gasteiger partial charge in [0, 0.05) is 66.8 Å². The van der Waals surface area contributed by atoms with Crippen LogP contribution in [-0.2, 0) is 68.9 Å². The first-order valence-electron chi connectivity index (χ1n) is 22.4. The fourth-order valence-corrected chi connectivity index (χ4v) is 9.24. The van der Waals surface area contributed by atoms with Crippen LogP contribution >= 0.6 is 0 Å². The number of unbranched alkanes of at least 4 members (excludes halogenated alkanes) is 2. The van der Waals surface area contributed by atoms with E-state index in [1.807, 2.05) is 24.3 Å². The Morgan fingerprint density at radius 2 is 1.55 bits per heavy atom. The number of imide groups is 1. The second-order valence-corrected chi connectivity index (χ2v) is 17.1. The van der Waals surface area contributed by atoms with Crippen LogP contribution in [0.2, 0.25) is 0 Å². The minimum atomic E-state index is -1.70. The number of carbonyl (C=O) groups is 8. The Kier molecular flexibility index (Phi) is 13.4. The van der Waals surface area contributed by atoms with E-state index in [0.29, 0.717) is 50.0 Å². The maximum Gasteiger partial charge on any atom is 0.343 e. The molecule has 0 fully saturated rings. The molecule has 18 heteroatoms. The molecule has 0 saturated heterocycles. The maximum atomic E-state index is 13.6. The quantitative estimate of drug-likeness (QED) is 0.0603. The fraction of sp³-hybridized carbons (Fsp3) is 0.396. The molecule has 1 aromatic heterocycles. The highest BCUT2D eigenvalue weighted by Gasteiger charge is 2.47. The second-order valence-electron chi connectivity index (χ2n) is 17.1. The van der Waals surface area contributed by atoms with Gasteiger partial charge in [-0.1, -0.05) is 43.7 Å². The lowest BCUT2D eigenvalue weighted by Gasteiger charge is -2.37. The van der Waals surface area contributed by atoms with Crippen molar-refractivity contribution in [2.75, 3.05) is 44.6 Å². The molecule has 0 radical (unpaired) electrons. The predicted molar refractivity (Wildman–Crippen MR) is 239 cm³/mol. The van der Waals surface area contributed by atoms with Crippen molar-refractivity contribution in [3.05, 3.63) is 99.8 Å². The van der Waals surface area contributed by atoms with E-state index in [4.69, 9.17) is 9.72 Å². The van der Waals surface area contributed by atoms with Crippen LogP contribution in [0, 0.1) is 0 Å². The lowest BCUT2D eigenvalue weighted by molar-refractivity contribution is -0.163. The number of aromatic nitrogens is 1. The number of fused-ring (bicyclic) bond motifs is 4. The summed E-state index contributed by atoms with van der Waals surface area (Å²) in [5, 5.41) is 25.5. The predicted octanol–water partition coefficient (Wildman–Crippen LogP) is 1.39.